The van der Waals surface area contributed by atoms with Gasteiger partial charge in [-0.15, -0.1) is 0 Å². The van der Waals surface area contributed by atoms with Crippen LogP contribution in [0, 0.1) is 29.5 Å². The Morgan fingerprint density at radius 3 is 2.95 bits per heavy atom. The van der Waals surface area contributed by atoms with Crippen LogP contribution in [0.3, 0.4) is 0 Å². The SMILES string of the molecule is CC1CCC(CNC(=O)c2ccc(F)cc2C#CCO)C1. The Kier molecular flexibility index (Phi) is 5.35. The normalized spacial score (nSPS) is 20.7. The monoisotopic (exact) mass is 289 g/mol. The van der Waals surface area contributed by atoms with E-state index in [1.165, 1.54) is 24.6 Å². The Hall–Kier alpha value is -1.86. The van der Waals surface area contributed by atoms with Crippen LogP contribution in [0.25, 0.3) is 0 Å². The molecule has 1 aliphatic rings. The minimum atomic E-state index is -0.446. The molecule has 0 aliphatic heterocycles. The number of rotatable bonds is 3. The van der Waals surface area contributed by atoms with Gasteiger partial charge in [0.25, 0.3) is 5.91 Å². The van der Waals surface area contributed by atoms with E-state index in [9.17, 15) is 9.18 Å². The first-order valence-corrected chi connectivity index (χ1v) is 7.27. The van der Waals surface area contributed by atoms with Crippen LogP contribution < -0.4 is 5.32 Å². The van der Waals surface area contributed by atoms with Crippen molar-refractivity contribution in [3.05, 3.63) is 35.1 Å². The van der Waals surface area contributed by atoms with Crippen molar-refractivity contribution >= 4 is 5.91 Å². The van der Waals surface area contributed by atoms with E-state index >= 15 is 0 Å². The third kappa shape index (κ3) is 4.30. The number of aliphatic hydroxyl groups is 1. The van der Waals surface area contributed by atoms with Gasteiger partial charge in [0.15, 0.2) is 0 Å². The first-order valence-electron chi connectivity index (χ1n) is 7.27. The van der Waals surface area contributed by atoms with Crippen molar-refractivity contribution in [2.45, 2.75) is 26.2 Å². The van der Waals surface area contributed by atoms with Crippen molar-refractivity contribution in [1.82, 2.24) is 5.32 Å². The molecule has 1 fully saturated rings. The Bertz CT molecular complexity index is 574. The lowest BCUT2D eigenvalue weighted by Crippen LogP contribution is -2.29. The third-order valence-corrected chi connectivity index (χ3v) is 3.88. The lowest BCUT2D eigenvalue weighted by molar-refractivity contribution is 0.0947. The molecule has 0 heterocycles. The molecule has 1 aromatic rings. The molecule has 2 rings (SSSR count). The molecule has 2 atom stereocenters. The van der Waals surface area contributed by atoms with Gasteiger partial charge in [0.05, 0.1) is 5.56 Å². The first-order chi connectivity index (χ1) is 10.1. The number of carbonyl (C=O) groups is 1. The Morgan fingerprint density at radius 2 is 2.29 bits per heavy atom. The third-order valence-electron chi connectivity index (χ3n) is 3.88. The van der Waals surface area contributed by atoms with Crippen LogP contribution in [0.15, 0.2) is 18.2 Å². The maximum Gasteiger partial charge on any atom is 0.252 e. The average Bonchev–Trinajstić information content (AvgIpc) is 2.88. The molecule has 0 radical (unpaired) electrons. The predicted molar refractivity (Wildman–Crippen MR) is 79.2 cm³/mol. The highest BCUT2D eigenvalue weighted by molar-refractivity contribution is 5.96. The number of aliphatic hydroxyl groups excluding tert-OH is 1. The second-order valence-electron chi connectivity index (χ2n) is 5.64. The smallest absolute Gasteiger partial charge is 0.252 e. The van der Waals surface area contributed by atoms with Gasteiger partial charge in [-0.1, -0.05) is 25.2 Å². The topological polar surface area (TPSA) is 49.3 Å². The highest BCUT2D eigenvalue weighted by Crippen LogP contribution is 2.29. The van der Waals surface area contributed by atoms with E-state index in [0.29, 0.717) is 23.6 Å². The van der Waals surface area contributed by atoms with Crippen LogP contribution in [0.1, 0.15) is 42.1 Å². The molecular weight excluding hydrogens is 269 g/mol. The summed E-state index contributed by atoms with van der Waals surface area (Å²) in [5.74, 6) is 5.63. The molecule has 112 valence electrons. The number of halogens is 1. The van der Waals surface area contributed by atoms with E-state index in [0.717, 1.165) is 18.8 Å². The van der Waals surface area contributed by atoms with Gasteiger partial charge in [-0.25, -0.2) is 4.39 Å². The number of nitrogens with one attached hydrogen (secondary N) is 1. The van der Waals surface area contributed by atoms with Gasteiger partial charge in [0.1, 0.15) is 12.4 Å². The number of carbonyl (C=O) groups excluding carboxylic acids is 1. The van der Waals surface area contributed by atoms with Crippen LogP contribution in [-0.4, -0.2) is 24.2 Å². The average molecular weight is 289 g/mol. The zero-order valence-corrected chi connectivity index (χ0v) is 12.2. The molecule has 0 aromatic heterocycles. The first kappa shape index (κ1) is 15.5. The van der Waals surface area contributed by atoms with E-state index in [1.54, 1.807) is 0 Å². The van der Waals surface area contributed by atoms with Crippen molar-refractivity contribution in [2.75, 3.05) is 13.2 Å². The van der Waals surface area contributed by atoms with Crippen molar-refractivity contribution in [1.29, 1.82) is 0 Å². The summed E-state index contributed by atoms with van der Waals surface area (Å²) in [4.78, 5) is 12.2. The molecule has 2 unspecified atom stereocenters. The van der Waals surface area contributed by atoms with E-state index in [1.807, 2.05) is 0 Å². The van der Waals surface area contributed by atoms with Crippen LogP contribution >= 0.6 is 0 Å². The minimum Gasteiger partial charge on any atom is -0.384 e. The summed E-state index contributed by atoms with van der Waals surface area (Å²) in [5.41, 5.74) is 0.657. The summed E-state index contributed by atoms with van der Waals surface area (Å²) in [6, 6.07) is 3.90. The Balaban J connectivity index is 2.04. The number of hydrogen-bond donors (Lipinski definition) is 2. The summed E-state index contributed by atoms with van der Waals surface area (Å²) in [7, 11) is 0. The number of amides is 1. The molecule has 0 spiro atoms. The van der Waals surface area contributed by atoms with Gasteiger partial charge in [0, 0.05) is 12.1 Å². The molecular formula is C17H20FNO2. The molecule has 2 N–H and O–H groups in total. The molecule has 1 amide bonds. The minimum absolute atomic E-state index is 0.239. The predicted octanol–water partition coefficient (Wildman–Crippen LogP) is 2.34. The molecule has 1 aliphatic carbocycles. The second kappa shape index (κ2) is 7.24. The van der Waals surface area contributed by atoms with Gasteiger partial charge in [0.2, 0.25) is 0 Å². The fraction of sp³-hybridized carbons (Fsp3) is 0.471. The highest BCUT2D eigenvalue weighted by Gasteiger charge is 2.22. The molecule has 3 nitrogen and oxygen atoms in total. The lowest BCUT2D eigenvalue weighted by Gasteiger charge is -2.12. The molecule has 0 bridgehead atoms. The largest absolute Gasteiger partial charge is 0.384 e. The van der Waals surface area contributed by atoms with Crippen molar-refractivity contribution in [3.63, 3.8) is 0 Å². The second-order valence-corrected chi connectivity index (χ2v) is 5.64. The van der Waals surface area contributed by atoms with E-state index in [4.69, 9.17) is 5.11 Å². The summed E-state index contributed by atoms with van der Waals surface area (Å²) in [5, 5.41) is 11.6. The van der Waals surface area contributed by atoms with Crippen molar-refractivity contribution in [2.24, 2.45) is 11.8 Å². The maximum atomic E-state index is 13.3. The summed E-state index contributed by atoms with van der Waals surface area (Å²) in [6.07, 6.45) is 3.49. The Labute approximate surface area is 124 Å². The molecule has 21 heavy (non-hydrogen) atoms. The summed E-state index contributed by atoms with van der Waals surface area (Å²) >= 11 is 0. The fourth-order valence-corrected chi connectivity index (χ4v) is 2.80. The van der Waals surface area contributed by atoms with Gasteiger partial charge in [-0.2, -0.15) is 0 Å². The van der Waals surface area contributed by atoms with Crippen LogP contribution in [-0.2, 0) is 0 Å². The van der Waals surface area contributed by atoms with Crippen LogP contribution in [0.4, 0.5) is 4.39 Å². The standard InChI is InChI=1S/C17H20FNO2/c1-12-4-5-13(9-12)11-19-17(21)16-7-6-15(18)10-14(16)3-2-8-20/h6-7,10,12-13,20H,4-5,8-9,11H2,1H3,(H,19,21). The van der Waals surface area contributed by atoms with Crippen LogP contribution in [0.5, 0.6) is 0 Å². The maximum absolute atomic E-state index is 13.3. The zero-order valence-electron chi connectivity index (χ0n) is 12.2. The number of benzene rings is 1. The lowest BCUT2D eigenvalue weighted by atomic mass is 10.0. The summed E-state index contributed by atoms with van der Waals surface area (Å²) in [6.45, 7) is 2.55. The van der Waals surface area contributed by atoms with Gasteiger partial charge >= 0.3 is 0 Å². The van der Waals surface area contributed by atoms with Crippen molar-refractivity contribution in [3.8, 4) is 11.8 Å². The molecule has 4 heteroatoms. The zero-order chi connectivity index (χ0) is 15.2. The van der Waals surface area contributed by atoms with Gasteiger partial charge in [-0.3, -0.25) is 4.79 Å². The highest BCUT2D eigenvalue weighted by atomic mass is 19.1. The van der Waals surface area contributed by atoms with E-state index in [2.05, 4.69) is 24.1 Å². The Morgan fingerprint density at radius 1 is 1.48 bits per heavy atom. The van der Waals surface area contributed by atoms with Crippen molar-refractivity contribution < 1.29 is 14.3 Å². The fourth-order valence-electron chi connectivity index (χ4n) is 2.80. The number of hydrogen-bond acceptors (Lipinski definition) is 2. The van der Waals surface area contributed by atoms with E-state index in [-0.39, 0.29) is 12.5 Å². The molecule has 1 saturated carbocycles. The molecule has 0 saturated heterocycles. The van der Waals surface area contributed by atoms with Gasteiger partial charge in [-0.05, 0) is 42.9 Å². The quantitative estimate of drug-likeness (QED) is 0.839. The summed E-state index contributed by atoms with van der Waals surface area (Å²) < 4.78 is 13.3. The molecule has 1 aromatic carbocycles. The van der Waals surface area contributed by atoms with E-state index < -0.39 is 5.82 Å². The van der Waals surface area contributed by atoms with Crippen LogP contribution in [0.2, 0.25) is 0 Å². The van der Waals surface area contributed by atoms with Gasteiger partial charge < -0.3 is 10.4 Å².